The van der Waals surface area contributed by atoms with Gasteiger partial charge >= 0.3 is 10.1 Å². The second-order valence-electron chi connectivity index (χ2n) is 1.08. The molecule has 0 aliphatic rings. The topological polar surface area (TPSA) is 94.5 Å². The molecule has 0 fully saturated rings. The Bertz CT molecular complexity index is 236. The van der Waals surface area contributed by atoms with Crippen LogP contribution in [0.2, 0.25) is 0 Å². The minimum absolute atomic E-state index is 1.22. The maximum absolute atomic E-state index is 9.84. The first-order valence-corrected chi connectivity index (χ1v) is 4.13. The van der Waals surface area contributed by atoms with E-state index < -0.39 is 25.4 Å². The molecule has 1 N–H and O–H groups in total. The standard InChI is InChI=1S/C2H4O5S2/c1-2(8(3)4)9(5,6)7/h1H2,(H,3,4)(H,5,6,7)/p-1. The second-order valence-corrected chi connectivity index (χ2v) is 3.75. The predicted octanol–water partition coefficient (Wildman–Crippen LogP) is -0.775. The maximum atomic E-state index is 9.84. The Kier molecular flexibility index (Phi) is 2.50. The maximum Gasteiger partial charge on any atom is 0.301 e. The molecule has 1 atom stereocenters. The molecule has 0 amide bonds. The van der Waals surface area contributed by atoms with Gasteiger partial charge in [0.25, 0.3) is 0 Å². The average molecular weight is 171 g/mol. The average Bonchev–Trinajstić information content (AvgIpc) is 1.62. The highest BCUT2D eigenvalue weighted by Gasteiger charge is 2.09. The van der Waals surface area contributed by atoms with E-state index in [4.69, 9.17) is 4.55 Å². The van der Waals surface area contributed by atoms with Gasteiger partial charge in [-0.2, -0.15) is 8.42 Å². The molecule has 0 aromatic rings. The molecular formula is C2H3O5S2-. The van der Waals surface area contributed by atoms with E-state index in [0.29, 0.717) is 0 Å². The molecular weight excluding hydrogens is 168 g/mol. The fraction of sp³-hybridized carbons (Fsp3) is 0. The summed E-state index contributed by atoms with van der Waals surface area (Å²) in [6, 6.07) is 0. The SMILES string of the molecule is C=C(S(=O)[O-])S(=O)(=O)O. The molecule has 54 valence electrons. The molecule has 5 nitrogen and oxygen atoms in total. The molecule has 1 unspecified atom stereocenters. The van der Waals surface area contributed by atoms with Crippen molar-refractivity contribution in [1.82, 2.24) is 0 Å². The largest absolute Gasteiger partial charge is 0.768 e. The quantitative estimate of drug-likeness (QED) is 0.434. The minimum Gasteiger partial charge on any atom is -0.768 e. The van der Waals surface area contributed by atoms with E-state index in [1.54, 1.807) is 0 Å². The highest BCUT2D eigenvalue weighted by Crippen LogP contribution is 2.02. The van der Waals surface area contributed by atoms with Gasteiger partial charge < -0.3 is 4.55 Å². The van der Waals surface area contributed by atoms with E-state index in [9.17, 15) is 17.2 Å². The van der Waals surface area contributed by atoms with Crippen molar-refractivity contribution in [3.63, 3.8) is 0 Å². The molecule has 0 bridgehead atoms. The van der Waals surface area contributed by atoms with Crippen LogP contribution in [-0.2, 0) is 21.2 Å². The number of hydrogen-bond acceptors (Lipinski definition) is 4. The fourth-order valence-electron chi connectivity index (χ4n) is 0.0860. The number of rotatable bonds is 2. The molecule has 0 aromatic heterocycles. The van der Waals surface area contributed by atoms with E-state index in [2.05, 4.69) is 6.58 Å². The summed E-state index contributed by atoms with van der Waals surface area (Å²) in [4.78, 5) is 0. The summed E-state index contributed by atoms with van der Waals surface area (Å²) >= 11 is -2.96. The van der Waals surface area contributed by atoms with E-state index in [1.807, 2.05) is 0 Å². The molecule has 0 aromatic carbocycles. The smallest absolute Gasteiger partial charge is 0.301 e. The van der Waals surface area contributed by atoms with Gasteiger partial charge in [0.1, 0.15) is 4.24 Å². The van der Waals surface area contributed by atoms with Gasteiger partial charge in [-0.15, -0.1) is 0 Å². The third kappa shape index (κ3) is 2.70. The normalized spacial score (nSPS) is 14.9. The molecule has 7 heteroatoms. The summed E-state index contributed by atoms with van der Waals surface area (Å²) < 4.78 is 45.8. The number of hydrogen-bond donors (Lipinski definition) is 1. The molecule has 0 heterocycles. The van der Waals surface area contributed by atoms with Crippen LogP contribution in [0.3, 0.4) is 0 Å². The Balaban J connectivity index is 4.66. The van der Waals surface area contributed by atoms with Crippen LogP contribution in [0.1, 0.15) is 0 Å². The van der Waals surface area contributed by atoms with Crippen molar-refractivity contribution in [2.45, 2.75) is 0 Å². The van der Waals surface area contributed by atoms with Gasteiger partial charge in [0, 0.05) is 0 Å². The van der Waals surface area contributed by atoms with E-state index in [1.165, 1.54) is 0 Å². The first-order valence-electron chi connectivity index (χ1n) is 1.61. The van der Waals surface area contributed by atoms with Gasteiger partial charge in [-0.05, 0) is 11.1 Å². The van der Waals surface area contributed by atoms with Crippen LogP contribution in [0.25, 0.3) is 0 Å². The van der Waals surface area contributed by atoms with Gasteiger partial charge in [0.15, 0.2) is 0 Å². The summed E-state index contributed by atoms with van der Waals surface area (Å²) in [5.41, 5.74) is 0. The monoisotopic (exact) mass is 171 g/mol. The Hall–Kier alpha value is -0.240. The fourth-order valence-corrected chi connectivity index (χ4v) is 0.774. The summed E-state index contributed by atoms with van der Waals surface area (Å²) in [7, 11) is -4.61. The zero-order valence-electron chi connectivity index (χ0n) is 4.10. The molecule has 0 rings (SSSR count). The Morgan fingerprint density at radius 2 is 2.00 bits per heavy atom. The molecule has 0 saturated heterocycles. The Labute approximate surface area is 54.4 Å². The van der Waals surface area contributed by atoms with Crippen LogP contribution in [0.15, 0.2) is 10.8 Å². The summed E-state index contributed by atoms with van der Waals surface area (Å²) in [6.45, 7) is 2.57. The van der Waals surface area contributed by atoms with Gasteiger partial charge in [0.2, 0.25) is 0 Å². The lowest BCUT2D eigenvalue weighted by molar-refractivity contribution is 0.491. The molecule has 0 aliphatic heterocycles. The molecule has 0 saturated carbocycles. The molecule has 0 spiro atoms. The van der Waals surface area contributed by atoms with Crippen LogP contribution in [0.4, 0.5) is 0 Å². The van der Waals surface area contributed by atoms with Gasteiger partial charge in [-0.1, -0.05) is 6.58 Å². The highest BCUT2D eigenvalue weighted by atomic mass is 32.3. The lowest BCUT2D eigenvalue weighted by Crippen LogP contribution is -2.05. The van der Waals surface area contributed by atoms with Crippen molar-refractivity contribution in [2.24, 2.45) is 0 Å². The minimum atomic E-state index is -4.61. The molecule has 9 heavy (non-hydrogen) atoms. The Morgan fingerprint density at radius 3 is 2.00 bits per heavy atom. The van der Waals surface area contributed by atoms with Crippen molar-refractivity contribution < 1.29 is 21.7 Å². The van der Waals surface area contributed by atoms with Crippen LogP contribution in [0, 0.1) is 0 Å². The summed E-state index contributed by atoms with van der Waals surface area (Å²) in [5.74, 6) is 0. The highest BCUT2D eigenvalue weighted by molar-refractivity contribution is 8.06. The lowest BCUT2D eigenvalue weighted by atomic mass is 11.3. The van der Waals surface area contributed by atoms with Crippen molar-refractivity contribution in [3.05, 3.63) is 10.8 Å². The van der Waals surface area contributed by atoms with Crippen molar-refractivity contribution in [2.75, 3.05) is 0 Å². The van der Waals surface area contributed by atoms with Crippen LogP contribution >= 0.6 is 0 Å². The van der Waals surface area contributed by atoms with E-state index in [-0.39, 0.29) is 0 Å². The van der Waals surface area contributed by atoms with Crippen LogP contribution < -0.4 is 0 Å². The van der Waals surface area contributed by atoms with Crippen molar-refractivity contribution in [3.8, 4) is 0 Å². The van der Waals surface area contributed by atoms with E-state index in [0.717, 1.165) is 0 Å². The van der Waals surface area contributed by atoms with Gasteiger partial charge in [-0.25, -0.2) is 0 Å². The second kappa shape index (κ2) is 2.56. The first kappa shape index (κ1) is 8.76. The zero-order chi connectivity index (χ0) is 7.65. The Morgan fingerprint density at radius 1 is 1.67 bits per heavy atom. The van der Waals surface area contributed by atoms with E-state index >= 15 is 0 Å². The molecule has 0 aliphatic carbocycles. The third-order valence-electron chi connectivity index (χ3n) is 0.474. The van der Waals surface area contributed by atoms with Crippen LogP contribution in [-0.4, -0.2) is 21.7 Å². The first-order chi connectivity index (χ1) is 3.85. The lowest BCUT2D eigenvalue weighted by Gasteiger charge is -2.02. The molecule has 0 radical (unpaired) electrons. The predicted molar refractivity (Wildman–Crippen MR) is 29.6 cm³/mol. The summed E-state index contributed by atoms with van der Waals surface area (Å²) in [6.07, 6.45) is 0. The third-order valence-corrected chi connectivity index (χ3v) is 2.46. The van der Waals surface area contributed by atoms with Crippen molar-refractivity contribution >= 4 is 21.2 Å². The van der Waals surface area contributed by atoms with Crippen molar-refractivity contribution in [1.29, 1.82) is 0 Å². The zero-order valence-corrected chi connectivity index (χ0v) is 5.74. The van der Waals surface area contributed by atoms with Crippen LogP contribution in [0.5, 0.6) is 0 Å². The van der Waals surface area contributed by atoms with Gasteiger partial charge in [0.05, 0.1) is 0 Å². The van der Waals surface area contributed by atoms with Gasteiger partial charge in [-0.3, -0.25) is 8.76 Å². The summed E-state index contributed by atoms with van der Waals surface area (Å²) in [5, 5.41) is 0.